The number of rotatable bonds is 9. The number of carboxylic acids is 1. The van der Waals surface area contributed by atoms with E-state index < -0.39 is 10.9 Å². The molecule has 166 valence electrons. The van der Waals surface area contributed by atoms with Crippen molar-refractivity contribution in [1.82, 2.24) is 14.8 Å². The van der Waals surface area contributed by atoms with E-state index in [2.05, 4.69) is 10.2 Å². The topological polar surface area (TPSA) is 130 Å². The summed E-state index contributed by atoms with van der Waals surface area (Å²) >= 11 is 0.943. The summed E-state index contributed by atoms with van der Waals surface area (Å²) < 4.78 is 12.4. The average molecular weight is 456 g/mol. The van der Waals surface area contributed by atoms with E-state index in [0.717, 1.165) is 11.8 Å². The first-order valence-corrected chi connectivity index (χ1v) is 10.2. The van der Waals surface area contributed by atoms with E-state index in [1.54, 1.807) is 37.0 Å². The number of hydrogen-bond acceptors (Lipinski definition) is 8. The maximum absolute atomic E-state index is 11.8. The molecule has 0 aliphatic heterocycles. The third-order valence-electron chi connectivity index (χ3n) is 4.46. The average Bonchev–Trinajstić information content (AvgIpc) is 3.21. The molecule has 0 radical (unpaired) electrons. The number of nitro benzene ring substituents is 1. The van der Waals surface area contributed by atoms with E-state index in [1.807, 2.05) is 6.92 Å². The van der Waals surface area contributed by atoms with Crippen LogP contribution in [0.1, 0.15) is 12.5 Å². The highest BCUT2D eigenvalue weighted by atomic mass is 32.2. The summed E-state index contributed by atoms with van der Waals surface area (Å²) in [6, 6.07) is 10.9. The predicted octanol–water partition coefficient (Wildman–Crippen LogP) is 4.11. The third-order valence-corrected chi connectivity index (χ3v) is 5.45. The van der Waals surface area contributed by atoms with E-state index in [1.165, 1.54) is 30.3 Å². The quantitative estimate of drug-likeness (QED) is 0.219. The Bertz CT molecular complexity index is 1150. The number of aliphatic carboxylic acids is 1. The van der Waals surface area contributed by atoms with Gasteiger partial charge in [-0.15, -0.1) is 10.2 Å². The van der Waals surface area contributed by atoms with Gasteiger partial charge in [-0.05, 0) is 54.6 Å². The Morgan fingerprint density at radius 1 is 1.16 bits per heavy atom. The first-order chi connectivity index (χ1) is 15.4. The number of hydrogen-bond donors (Lipinski definition) is 1. The molecule has 2 aromatic carbocycles. The van der Waals surface area contributed by atoms with Crippen LogP contribution in [0.3, 0.4) is 0 Å². The first-order valence-electron chi connectivity index (χ1n) is 9.40. The molecule has 0 saturated heterocycles. The van der Waals surface area contributed by atoms with Crippen LogP contribution < -0.4 is 9.47 Å². The fourth-order valence-electron chi connectivity index (χ4n) is 2.88. The lowest BCUT2D eigenvalue weighted by Crippen LogP contribution is -2.03. The molecule has 10 nitrogen and oxygen atoms in total. The van der Waals surface area contributed by atoms with Crippen LogP contribution in [-0.4, -0.2) is 45.0 Å². The fraction of sp³-hybridized carbons (Fsp3) is 0.190. The molecule has 3 aromatic rings. The van der Waals surface area contributed by atoms with Crippen LogP contribution in [0.5, 0.6) is 11.5 Å². The molecule has 0 saturated carbocycles. The minimum Gasteiger partial charge on any atom is -0.497 e. The maximum Gasteiger partial charge on any atom is 0.342 e. The van der Waals surface area contributed by atoms with Crippen molar-refractivity contribution >= 4 is 29.5 Å². The second-order valence-electron chi connectivity index (χ2n) is 6.42. The molecule has 1 heterocycles. The fourth-order valence-corrected chi connectivity index (χ4v) is 3.76. The van der Waals surface area contributed by atoms with Crippen molar-refractivity contribution in [3.05, 3.63) is 63.0 Å². The van der Waals surface area contributed by atoms with Gasteiger partial charge in [-0.2, -0.15) is 0 Å². The summed E-state index contributed by atoms with van der Waals surface area (Å²) in [4.78, 5) is 22.1. The van der Waals surface area contributed by atoms with Crippen molar-refractivity contribution in [2.24, 2.45) is 0 Å². The van der Waals surface area contributed by atoms with Gasteiger partial charge in [0.1, 0.15) is 16.4 Å². The number of carbonyl (C=O) groups is 1. The Labute approximate surface area is 187 Å². The van der Waals surface area contributed by atoms with Gasteiger partial charge in [-0.1, -0.05) is 0 Å². The summed E-state index contributed by atoms with van der Waals surface area (Å²) in [5, 5.41) is 29.3. The van der Waals surface area contributed by atoms with Gasteiger partial charge in [-0.25, -0.2) is 4.79 Å². The third kappa shape index (κ3) is 5.06. The number of nitro groups is 1. The van der Waals surface area contributed by atoms with Crippen molar-refractivity contribution < 1.29 is 24.3 Å². The number of non-ortho nitro benzene ring substituents is 1. The van der Waals surface area contributed by atoms with Gasteiger partial charge in [0.25, 0.3) is 5.69 Å². The van der Waals surface area contributed by atoms with Crippen LogP contribution in [0.4, 0.5) is 5.69 Å². The molecule has 0 bridgehead atoms. The van der Waals surface area contributed by atoms with E-state index >= 15 is 0 Å². The Morgan fingerprint density at radius 3 is 2.28 bits per heavy atom. The number of aromatic nitrogens is 3. The number of carboxylic acid groups (broad SMARTS) is 1. The molecule has 1 N–H and O–H groups in total. The highest BCUT2D eigenvalue weighted by Gasteiger charge is 2.19. The Kier molecular flexibility index (Phi) is 7.11. The highest BCUT2D eigenvalue weighted by Crippen LogP contribution is 2.33. The molecule has 0 amide bonds. The van der Waals surface area contributed by atoms with E-state index in [-0.39, 0.29) is 10.6 Å². The normalized spacial score (nSPS) is 11.3. The van der Waals surface area contributed by atoms with Crippen LogP contribution in [0.25, 0.3) is 17.5 Å². The van der Waals surface area contributed by atoms with Gasteiger partial charge in [0.2, 0.25) is 0 Å². The van der Waals surface area contributed by atoms with Crippen LogP contribution in [0, 0.1) is 10.1 Å². The number of nitrogens with zero attached hydrogens (tertiary/aromatic N) is 4. The van der Waals surface area contributed by atoms with Crippen LogP contribution >= 0.6 is 11.8 Å². The zero-order valence-corrected chi connectivity index (χ0v) is 18.3. The van der Waals surface area contributed by atoms with E-state index in [9.17, 15) is 20.0 Å². The van der Waals surface area contributed by atoms with Crippen molar-refractivity contribution in [3.63, 3.8) is 0 Å². The lowest BCUT2D eigenvalue weighted by Gasteiger charge is -2.10. The largest absolute Gasteiger partial charge is 0.497 e. The minimum absolute atomic E-state index is 0.00396. The van der Waals surface area contributed by atoms with Gasteiger partial charge in [0.15, 0.2) is 11.0 Å². The monoisotopic (exact) mass is 456 g/mol. The zero-order valence-electron chi connectivity index (χ0n) is 17.5. The Hall–Kier alpha value is -3.86. The molecule has 0 atom stereocenters. The predicted molar refractivity (Wildman–Crippen MR) is 119 cm³/mol. The van der Waals surface area contributed by atoms with Crippen molar-refractivity contribution in [3.8, 4) is 22.9 Å². The number of ether oxygens (including phenoxy) is 2. The van der Waals surface area contributed by atoms with Gasteiger partial charge >= 0.3 is 5.97 Å². The minimum atomic E-state index is -1.15. The lowest BCUT2D eigenvalue weighted by molar-refractivity contribution is -0.384. The molecular weight excluding hydrogens is 436 g/mol. The standard InChI is InChI=1S/C21H20N4O6S/c1-4-24-19(14-10-16(30-2)12-17(11-14)31-3)22-23-21(24)32-18(20(26)27)9-13-5-7-15(8-6-13)25(28)29/h5-12H,4H2,1-3H3,(H,26,27)/b18-9-. The molecule has 0 spiro atoms. The molecule has 0 aliphatic rings. The number of thioether (sulfide) groups is 1. The molecule has 32 heavy (non-hydrogen) atoms. The lowest BCUT2D eigenvalue weighted by atomic mass is 10.2. The first kappa shape index (κ1) is 22.8. The molecular formula is C21H20N4O6S. The second-order valence-corrected chi connectivity index (χ2v) is 7.43. The molecule has 0 aliphatic carbocycles. The molecule has 1 aromatic heterocycles. The van der Waals surface area contributed by atoms with Gasteiger partial charge in [-0.3, -0.25) is 10.1 Å². The number of benzene rings is 2. The molecule has 0 fully saturated rings. The number of methoxy groups -OCH3 is 2. The van der Waals surface area contributed by atoms with Gasteiger partial charge in [0, 0.05) is 30.3 Å². The van der Waals surface area contributed by atoms with E-state index in [4.69, 9.17) is 9.47 Å². The van der Waals surface area contributed by atoms with Gasteiger partial charge in [0.05, 0.1) is 19.1 Å². The summed E-state index contributed by atoms with van der Waals surface area (Å²) in [6.07, 6.45) is 1.43. The Morgan fingerprint density at radius 2 is 1.78 bits per heavy atom. The van der Waals surface area contributed by atoms with Crippen molar-refractivity contribution in [2.45, 2.75) is 18.6 Å². The summed E-state index contributed by atoms with van der Waals surface area (Å²) in [6.45, 7) is 2.39. The summed E-state index contributed by atoms with van der Waals surface area (Å²) in [5.74, 6) is 0.558. The summed E-state index contributed by atoms with van der Waals surface area (Å²) in [7, 11) is 3.10. The molecule has 0 unspecified atom stereocenters. The maximum atomic E-state index is 11.8. The van der Waals surface area contributed by atoms with Crippen LogP contribution in [0.15, 0.2) is 52.5 Å². The zero-order chi connectivity index (χ0) is 23.3. The Balaban J connectivity index is 1.96. The SMILES string of the molecule is CCn1c(S/C(=C\c2ccc([N+](=O)[O-])cc2)C(=O)O)nnc1-c1cc(OC)cc(OC)c1. The van der Waals surface area contributed by atoms with Crippen LogP contribution in [0.2, 0.25) is 0 Å². The van der Waals surface area contributed by atoms with E-state index in [0.29, 0.717) is 40.2 Å². The summed E-state index contributed by atoms with van der Waals surface area (Å²) in [5.41, 5.74) is 1.15. The highest BCUT2D eigenvalue weighted by molar-refractivity contribution is 8.04. The smallest absolute Gasteiger partial charge is 0.342 e. The van der Waals surface area contributed by atoms with Crippen molar-refractivity contribution in [1.29, 1.82) is 0 Å². The van der Waals surface area contributed by atoms with Gasteiger partial charge < -0.3 is 19.1 Å². The van der Waals surface area contributed by atoms with Crippen LogP contribution in [-0.2, 0) is 11.3 Å². The molecule has 3 rings (SSSR count). The molecule has 11 heteroatoms. The van der Waals surface area contributed by atoms with Crippen molar-refractivity contribution in [2.75, 3.05) is 14.2 Å². The second kappa shape index (κ2) is 9.96.